The van der Waals surface area contributed by atoms with Crippen LogP contribution in [0.3, 0.4) is 0 Å². The molecule has 2 amide bonds. The largest absolute Gasteiger partial charge is 0.355 e. The van der Waals surface area contributed by atoms with Gasteiger partial charge in [0.15, 0.2) is 0 Å². The van der Waals surface area contributed by atoms with Gasteiger partial charge in [0.1, 0.15) is 12.6 Å². The third kappa shape index (κ3) is 8.03. The Morgan fingerprint density at radius 2 is 1.44 bits per heavy atom. The van der Waals surface area contributed by atoms with Crippen molar-refractivity contribution in [3.63, 3.8) is 0 Å². The quantitative estimate of drug-likeness (QED) is 0.214. The maximum Gasteiger partial charge on any atom is 0.264 e. The third-order valence-electron chi connectivity index (χ3n) is 7.15. The number of aryl methyl sites for hydroxylation is 2. The molecule has 4 aromatic carbocycles. The van der Waals surface area contributed by atoms with E-state index in [1.807, 2.05) is 81.4 Å². The zero-order chi connectivity index (χ0) is 31.0. The van der Waals surface area contributed by atoms with Gasteiger partial charge >= 0.3 is 0 Å². The van der Waals surface area contributed by atoms with Crippen molar-refractivity contribution in [1.29, 1.82) is 0 Å². The van der Waals surface area contributed by atoms with Gasteiger partial charge in [-0.3, -0.25) is 13.9 Å². The van der Waals surface area contributed by atoms with Crippen LogP contribution in [0.2, 0.25) is 5.02 Å². The Balaban J connectivity index is 1.80. The smallest absolute Gasteiger partial charge is 0.264 e. The maximum absolute atomic E-state index is 14.4. The fraction of sp³-hybridized carbons (Fsp3) is 0.235. The summed E-state index contributed by atoms with van der Waals surface area (Å²) in [4.78, 5) is 29.4. The van der Waals surface area contributed by atoms with Crippen molar-refractivity contribution in [2.24, 2.45) is 0 Å². The highest BCUT2D eigenvalue weighted by Crippen LogP contribution is 2.29. The van der Waals surface area contributed by atoms with Crippen molar-refractivity contribution < 1.29 is 18.0 Å². The maximum atomic E-state index is 14.4. The first-order chi connectivity index (χ1) is 20.6. The van der Waals surface area contributed by atoms with Crippen LogP contribution < -0.4 is 9.62 Å². The molecule has 1 N–H and O–H groups in total. The summed E-state index contributed by atoms with van der Waals surface area (Å²) in [6.07, 6.45) is 0.256. The fourth-order valence-corrected chi connectivity index (χ4v) is 6.31. The second-order valence-electron chi connectivity index (χ2n) is 10.4. The molecule has 0 aliphatic rings. The number of halogens is 1. The minimum absolute atomic E-state index is 0.0433. The van der Waals surface area contributed by atoms with Crippen LogP contribution in [0.15, 0.2) is 108 Å². The van der Waals surface area contributed by atoms with Crippen molar-refractivity contribution in [3.05, 3.63) is 130 Å². The molecular formula is C34H36ClN3O4S. The highest BCUT2D eigenvalue weighted by molar-refractivity contribution is 7.92. The highest BCUT2D eigenvalue weighted by atomic mass is 35.5. The number of amides is 2. The third-order valence-corrected chi connectivity index (χ3v) is 9.34. The molecule has 0 heterocycles. The van der Waals surface area contributed by atoms with Gasteiger partial charge in [-0.25, -0.2) is 8.42 Å². The summed E-state index contributed by atoms with van der Waals surface area (Å²) in [5.41, 5.74) is 3.61. The molecule has 224 valence electrons. The number of anilines is 1. The van der Waals surface area contributed by atoms with Crippen LogP contribution in [0.4, 0.5) is 5.69 Å². The molecule has 0 fully saturated rings. The number of nitrogens with zero attached hydrogens (tertiary/aromatic N) is 2. The zero-order valence-electron chi connectivity index (χ0n) is 24.5. The number of hydrogen-bond donors (Lipinski definition) is 1. The highest BCUT2D eigenvalue weighted by Gasteiger charge is 2.34. The SMILES string of the molecule is CCNC(=O)[C@H](Cc1ccccc1)N(Cc1ccccc1)C(=O)CN(c1ccc(C)c(Cl)c1)S(=O)(=O)c1ccc(C)cc1. The molecule has 9 heteroatoms. The number of rotatable bonds is 12. The van der Waals surface area contributed by atoms with Gasteiger partial charge in [0, 0.05) is 24.5 Å². The van der Waals surface area contributed by atoms with E-state index in [1.54, 1.807) is 30.3 Å². The topological polar surface area (TPSA) is 86.8 Å². The average Bonchev–Trinajstić information content (AvgIpc) is 3.00. The molecule has 0 saturated heterocycles. The minimum atomic E-state index is -4.19. The molecule has 7 nitrogen and oxygen atoms in total. The lowest BCUT2D eigenvalue weighted by molar-refractivity contribution is -0.140. The van der Waals surface area contributed by atoms with Crippen LogP contribution >= 0.6 is 11.6 Å². The van der Waals surface area contributed by atoms with E-state index < -0.39 is 28.5 Å². The van der Waals surface area contributed by atoms with E-state index in [1.165, 1.54) is 17.0 Å². The first kappa shape index (κ1) is 31.8. The molecule has 0 aliphatic heterocycles. The Kier molecular flexibility index (Phi) is 10.6. The van der Waals surface area contributed by atoms with Crippen LogP contribution in [-0.4, -0.2) is 44.3 Å². The van der Waals surface area contributed by atoms with E-state index in [2.05, 4.69) is 5.32 Å². The van der Waals surface area contributed by atoms with Gasteiger partial charge in [0.2, 0.25) is 11.8 Å². The van der Waals surface area contributed by atoms with E-state index >= 15 is 0 Å². The van der Waals surface area contributed by atoms with Gasteiger partial charge in [-0.1, -0.05) is 96.0 Å². The predicted molar refractivity (Wildman–Crippen MR) is 172 cm³/mol. The molecule has 43 heavy (non-hydrogen) atoms. The van der Waals surface area contributed by atoms with Gasteiger partial charge in [-0.2, -0.15) is 0 Å². The Labute approximate surface area is 259 Å². The Hall–Kier alpha value is -4.14. The summed E-state index contributed by atoms with van der Waals surface area (Å²) in [5, 5.41) is 3.24. The van der Waals surface area contributed by atoms with Crippen molar-refractivity contribution in [2.75, 3.05) is 17.4 Å². The summed E-state index contributed by atoms with van der Waals surface area (Å²) in [6.45, 7) is 5.46. The number of carbonyl (C=O) groups is 2. The van der Waals surface area contributed by atoms with Crippen LogP contribution in [0.1, 0.15) is 29.2 Å². The molecule has 0 saturated carbocycles. The van der Waals surface area contributed by atoms with Crippen LogP contribution in [-0.2, 0) is 32.6 Å². The molecule has 1 atom stereocenters. The van der Waals surface area contributed by atoms with Crippen molar-refractivity contribution in [2.45, 2.75) is 44.7 Å². The van der Waals surface area contributed by atoms with Crippen molar-refractivity contribution in [3.8, 4) is 0 Å². The Bertz CT molecular complexity index is 1650. The monoisotopic (exact) mass is 617 g/mol. The molecule has 4 rings (SSSR count). The second-order valence-corrected chi connectivity index (χ2v) is 12.6. The molecule has 0 spiro atoms. The van der Waals surface area contributed by atoms with E-state index in [9.17, 15) is 18.0 Å². The first-order valence-corrected chi connectivity index (χ1v) is 15.9. The van der Waals surface area contributed by atoms with Crippen LogP contribution in [0.25, 0.3) is 0 Å². The Morgan fingerprint density at radius 1 is 0.837 bits per heavy atom. The normalized spacial score (nSPS) is 11.9. The number of benzene rings is 4. The van der Waals surface area contributed by atoms with E-state index in [4.69, 9.17) is 11.6 Å². The van der Waals surface area contributed by atoms with Crippen LogP contribution in [0, 0.1) is 13.8 Å². The van der Waals surface area contributed by atoms with Gasteiger partial charge < -0.3 is 10.2 Å². The average molecular weight is 618 g/mol. The Morgan fingerprint density at radius 3 is 2.02 bits per heavy atom. The van der Waals surface area contributed by atoms with Gasteiger partial charge in [0.25, 0.3) is 10.0 Å². The van der Waals surface area contributed by atoms with Crippen molar-refractivity contribution >= 4 is 39.1 Å². The lowest BCUT2D eigenvalue weighted by Crippen LogP contribution is -2.53. The van der Waals surface area contributed by atoms with E-state index in [0.29, 0.717) is 11.6 Å². The summed E-state index contributed by atoms with van der Waals surface area (Å²) < 4.78 is 29.2. The van der Waals surface area contributed by atoms with Gasteiger partial charge in [-0.05, 0) is 61.7 Å². The summed E-state index contributed by atoms with van der Waals surface area (Å²) in [6, 6.07) is 29.3. The van der Waals surface area contributed by atoms with E-state index in [0.717, 1.165) is 26.6 Å². The van der Waals surface area contributed by atoms with Gasteiger partial charge in [-0.15, -0.1) is 0 Å². The van der Waals surface area contributed by atoms with Crippen molar-refractivity contribution in [1.82, 2.24) is 10.2 Å². The second kappa shape index (κ2) is 14.4. The van der Waals surface area contributed by atoms with Gasteiger partial charge in [0.05, 0.1) is 10.6 Å². The summed E-state index contributed by atoms with van der Waals surface area (Å²) in [5.74, 6) is -0.842. The molecule has 4 aromatic rings. The predicted octanol–water partition coefficient (Wildman–Crippen LogP) is 5.93. The first-order valence-electron chi connectivity index (χ1n) is 14.1. The number of carbonyl (C=O) groups excluding carboxylic acids is 2. The molecular weight excluding hydrogens is 582 g/mol. The molecule has 0 aromatic heterocycles. The van der Waals surface area contributed by atoms with E-state index in [-0.39, 0.29) is 29.5 Å². The molecule has 0 unspecified atom stereocenters. The molecule has 0 radical (unpaired) electrons. The molecule has 0 aliphatic carbocycles. The number of nitrogens with one attached hydrogen (secondary N) is 1. The minimum Gasteiger partial charge on any atom is -0.355 e. The lowest BCUT2D eigenvalue weighted by Gasteiger charge is -2.34. The number of hydrogen-bond acceptors (Lipinski definition) is 4. The summed E-state index contributed by atoms with van der Waals surface area (Å²) in [7, 11) is -4.19. The summed E-state index contributed by atoms with van der Waals surface area (Å²) >= 11 is 6.43. The number of likely N-dealkylation sites (N-methyl/N-ethyl adjacent to an activating group) is 1. The van der Waals surface area contributed by atoms with Crippen LogP contribution in [0.5, 0.6) is 0 Å². The fourth-order valence-electron chi connectivity index (χ4n) is 4.73. The molecule has 0 bridgehead atoms. The lowest BCUT2D eigenvalue weighted by atomic mass is 10.0. The zero-order valence-corrected chi connectivity index (χ0v) is 26.1. The number of sulfonamides is 1. The standard InChI is InChI=1S/C34H36ClN3O4S/c1-4-36-34(40)32(21-27-11-7-5-8-12-27)37(23-28-13-9-6-10-14-28)33(39)24-38(29-18-17-26(3)31(35)22-29)43(41,42)30-19-15-25(2)16-20-30/h5-20,22,32H,4,21,23-24H2,1-3H3,(H,36,40)/t32-/m0/s1.